The maximum absolute atomic E-state index is 13.4. The van der Waals surface area contributed by atoms with E-state index in [2.05, 4.69) is 32.4 Å². The lowest BCUT2D eigenvalue weighted by Gasteiger charge is -2.35. The highest BCUT2D eigenvalue weighted by Crippen LogP contribution is 2.30. The van der Waals surface area contributed by atoms with Crippen LogP contribution in [-0.4, -0.2) is 60.0 Å². The highest BCUT2D eigenvalue weighted by molar-refractivity contribution is 7.99. The van der Waals surface area contributed by atoms with Crippen molar-refractivity contribution in [3.8, 4) is 11.5 Å². The molecule has 0 bridgehead atoms. The van der Waals surface area contributed by atoms with Crippen LogP contribution in [-0.2, 0) is 4.79 Å². The number of halogens is 2. The van der Waals surface area contributed by atoms with Gasteiger partial charge in [0.1, 0.15) is 5.82 Å². The van der Waals surface area contributed by atoms with Gasteiger partial charge in [-0.05, 0) is 43.4 Å². The smallest absolute Gasteiger partial charge is 0.277 e. The monoisotopic (exact) mass is 461 g/mol. The number of anilines is 2. The van der Waals surface area contributed by atoms with Gasteiger partial charge in [-0.25, -0.2) is 4.39 Å². The molecule has 7 nitrogen and oxygen atoms in total. The minimum absolute atomic E-state index is 0.0828. The summed E-state index contributed by atoms with van der Waals surface area (Å²) in [7, 11) is 2.09. The number of hydrogen-bond acceptors (Lipinski definition) is 7. The van der Waals surface area contributed by atoms with Crippen LogP contribution in [0.2, 0.25) is 5.02 Å². The molecule has 0 spiro atoms. The Hall–Kier alpha value is -2.62. The molecule has 0 radical (unpaired) electrons. The van der Waals surface area contributed by atoms with Gasteiger partial charge in [-0.1, -0.05) is 29.4 Å². The molecule has 1 N–H and O–H groups in total. The molecule has 0 aliphatic carbocycles. The van der Waals surface area contributed by atoms with E-state index in [1.165, 1.54) is 12.1 Å². The number of carbonyl (C=O) groups excluding carboxylic acids is 1. The van der Waals surface area contributed by atoms with E-state index in [1.807, 2.05) is 12.1 Å². The molecule has 1 saturated heterocycles. The van der Waals surface area contributed by atoms with Crippen molar-refractivity contribution < 1.29 is 13.6 Å². The van der Waals surface area contributed by atoms with E-state index in [4.69, 9.17) is 16.0 Å². The predicted octanol–water partition coefficient (Wildman–Crippen LogP) is 4.01. The van der Waals surface area contributed by atoms with Crippen LogP contribution < -0.4 is 10.2 Å². The Labute approximate surface area is 188 Å². The second kappa shape index (κ2) is 9.67. The third-order valence-corrected chi connectivity index (χ3v) is 5.93. The summed E-state index contributed by atoms with van der Waals surface area (Å²) in [6, 6.07) is 11.4. The van der Waals surface area contributed by atoms with Crippen molar-refractivity contribution in [2.45, 2.75) is 5.22 Å². The molecule has 2 aromatic carbocycles. The van der Waals surface area contributed by atoms with Gasteiger partial charge in [-0.3, -0.25) is 4.79 Å². The lowest BCUT2D eigenvalue weighted by atomic mass is 10.2. The maximum atomic E-state index is 13.4. The summed E-state index contributed by atoms with van der Waals surface area (Å²) < 4.78 is 18.9. The minimum atomic E-state index is -0.387. The van der Waals surface area contributed by atoms with Crippen LogP contribution >= 0.6 is 23.4 Å². The Morgan fingerprint density at radius 1 is 1.19 bits per heavy atom. The third-order valence-electron chi connectivity index (χ3n) is 4.88. The van der Waals surface area contributed by atoms with Crippen molar-refractivity contribution in [1.29, 1.82) is 0 Å². The average molecular weight is 462 g/mol. The van der Waals surface area contributed by atoms with Gasteiger partial charge in [0.15, 0.2) is 0 Å². The molecule has 2 heterocycles. The van der Waals surface area contributed by atoms with Gasteiger partial charge < -0.3 is 19.5 Å². The van der Waals surface area contributed by atoms with E-state index in [0.717, 1.165) is 43.6 Å². The molecule has 3 aromatic rings. The SMILES string of the molecule is CN1CCN(c2ccc(Cl)cc2NC(=O)CSc2nnc(-c3cccc(F)c3)o2)CC1. The molecule has 1 fully saturated rings. The van der Waals surface area contributed by atoms with Crippen LogP contribution in [0.25, 0.3) is 11.5 Å². The van der Waals surface area contributed by atoms with Crippen LogP contribution in [0.15, 0.2) is 52.1 Å². The first-order valence-electron chi connectivity index (χ1n) is 9.73. The number of piperazine rings is 1. The summed E-state index contributed by atoms with van der Waals surface area (Å²) in [5.41, 5.74) is 2.11. The van der Waals surface area contributed by atoms with Crippen LogP contribution in [0, 0.1) is 5.82 Å². The molecular formula is C21H21ClFN5O2S. The van der Waals surface area contributed by atoms with Gasteiger partial charge in [0.05, 0.1) is 17.1 Å². The van der Waals surface area contributed by atoms with Gasteiger partial charge in [0.25, 0.3) is 5.22 Å². The van der Waals surface area contributed by atoms with Crippen molar-refractivity contribution in [2.75, 3.05) is 49.2 Å². The fourth-order valence-electron chi connectivity index (χ4n) is 3.25. The number of thioether (sulfide) groups is 1. The molecule has 1 amide bonds. The number of aromatic nitrogens is 2. The molecule has 1 aromatic heterocycles. The summed E-state index contributed by atoms with van der Waals surface area (Å²) in [6.45, 7) is 3.66. The van der Waals surface area contributed by atoms with Crippen molar-refractivity contribution in [1.82, 2.24) is 15.1 Å². The predicted molar refractivity (Wildman–Crippen MR) is 120 cm³/mol. The van der Waals surface area contributed by atoms with Crippen LogP contribution in [0.3, 0.4) is 0 Å². The summed E-state index contributed by atoms with van der Waals surface area (Å²) in [6.07, 6.45) is 0. The number of likely N-dealkylation sites (N-methyl/N-ethyl adjacent to an activating group) is 1. The topological polar surface area (TPSA) is 74.5 Å². The lowest BCUT2D eigenvalue weighted by molar-refractivity contribution is -0.113. The zero-order valence-corrected chi connectivity index (χ0v) is 18.4. The number of nitrogens with zero attached hydrogens (tertiary/aromatic N) is 4. The zero-order chi connectivity index (χ0) is 21.8. The van der Waals surface area contributed by atoms with E-state index in [1.54, 1.807) is 18.2 Å². The fourth-order valence-corrected chi connectivity index (χ4v) is 3.99. The van der Waals surface area contributed by atoms with E-state index in [9.17, 15) is 9.18 Å². The zero-order valence-electron chi connectivity index (χ0n) is 16.8. The molecule has 4 rings (SSSR count). The number of benzene rings is 2. The number of carbonyl (C=O) groups is 1. The van der Waals surface area contributed by atoms with Crippen LogP contribution in [0.5, 0.6) is 0 Å². The Morgan fingerprint density at radius 2 is 2.00 bits per heavy atom. The Bertz CT molecular complexity index is 1070. The number of rotatable bonds is 6. The average Bonchev–Trinajstić information content (AvgIpc) is 3.23. The number of nitrogens with one attached hydrogen (secondary N) is 1. The summed E-state index contributed by atoms with van der Waals surface area (Å²) >= 11 is 7.28. The molecule has 162 valence electrons. The third kappa shape index (κ3) is 5.55. The Kier molecular flexibility index (Phi) is 6.74. The lowest BCUT2D eigenvalue weighted by Crippen LogP contribution is -2.44. The Balaban J connectivity index is 1.39. The second-order valence-corrected chi connectivity index (χ2v) is 8.54. The first kappa shape index (κ1) is 21.6. The van der Waals surface area contributed by atoms with Crippen molar-refractivity contribution in [3.05, 3.63) is 53.3 Å². The highest BCUT2D eigenvalue weighted by atomic mass is 35.5. The molecule has 1 aliphatic rings. The van der Waals surface area contributed by atoms with Crippen molar-refractivity contribution in [2.24, 2.45) is 0 Å². The first-order chi connectivity index (χ1) is 15.0. The van der Waals surface area contributed by atoms with E-state index < -0.39 is 0 Å². The summed E-state index contributed by atoms with van der Waals surface area (Å²) in [5.74, 6) is -0.316. The normalized spacial score (nSPS) is 14.6. The van der Waals surface area contributed by atoms with Crippen molar-refractivity contribution >= 4 is 40.6 Å². The van der Waals surface area contributed by atoms with Gasteiger partial charge in [0, 0.05) is 36.8 Å². The van der Waals surface area contributed by atoms with E-state index >= 15 is 0 Å². The molecule has 0 atom stereocenters. The van der Waals surface area contributed by atoms with Crippen LogP contribution in [0.4, 0.5) is 15.8 Å². The van der Waals surface area contributed by atoms with Gasteiger partial charge >= 0.3 is 0 Å². The van der Waals surface area contributed by atoms with Gasteiger partial charge in [-0.15, -0.1) is 10.2 Å². The van der Waals surface area contributed by atoms with Crippen LogP contribution in [0.1, 0.15) is 0 Å². The first-order valence-corrected chi connectivity index (χ1v) is 11.1. The molecule has 10 heteroatoms. The van der Waals surface area contributed by atoms with E-state index in [-0.39, 0.29) is 28.6 Å². The Morgan fingerprint density at radius 3 is 2.77 bits per heavy atom. The highest BCUT2D eigenvalue weighted by Gasteiger charge is 2.19. The number of amides is 1. The second-order valence-electron chi connectivity index (χ2n) is 7.17. The van der Waals surface area contributed by atoms with Gasteiger partial charge in [-0.2, -0.15) is 0 Å². The molecule has 31 heavy (non-hydrogen) atoms. The molecule has 0 unspecified atom stereocenters. The summed E-state index contributed by atoms with van der Waals surface area (Å²) in [5, 5.41) is 11.6. The van der Waals surface area contributed by atoms with E-state index in [0.29, 0.717) is 16.3 Å². The fraction of sp³-hybridized carbons (Fsp3) is 0.286. The van der Waals surface area contributed by atoms with Crippen molar-refractivity contribution in [3.63, 3.8) is 0 Å². The maximum Gasteiger partial charge on any atom is 0.277 e. The summed E-state index contributed by atoms with van der Waals surface area (Å²) in [4.78, 5) is 17.1. The molecule has 0 saturated carbocycles. The quantitative estimate of drug-likeness (QED) is 0.556. The largest absolute Gasteiger partial charge is 0.411 e. The minimum Gasteiger partial charge on any atom is -0.411 e. The molecule has 1 aliphatic heterocycles. The number of hydrogen-bond donors (Lipinski definition) is 1. The van der Waals surface area contributed by atoms with Gasteiger partial charge in [0.2, 0.25) is 11.8 Å². The standard InChI is InChI=1S/C21H21ClFN5O2S/c1-27-7-9-28(10-8-27)18-6-5-15(22)12-17(18)24-19(29)13-31-21-26-25-20(30-21)14-3-2-4-16(23)11-14/h2-6,11-12H,7-10,13H2,1H3,(H,24,29). The molecular weight excluding hydrogens is 441 g/mol.